The maximum absolute atomic E-state index is 12.1. The minimum absolute atomic E-state index is 0.0327. The van der Waals surface area contributed by atoms with Gasteiger partial charge >= 0.3 is 10.1 Å². The van der Waals surface area contributed by atoms with Crippen LogP contribution in [-0.4, -0.2) is 14.3 Å². The summed E-state index contributed by atoms with van der Waals surface area (Å²) < 4.78 is 29.2. The molecule has 0 saturated carbocycles. The molecule has 5 nitrogen and oxygen atoms in total. The number of carbonyl (C=O) groups is 1. The van der Waals surface area contributed by atoms with Gasteiger partial charge in [0, 0.05) is 0 Å². The summed E-state index contributed by atoms with van der Waals surface area (Å²) in [4.78, 5) is 11.3. The van der Waals surface area contributed by atoms with Gasteiger partial charge in [-0.2, -0.15) is 8.42 Å². The Morgan fingerprint density at radius 2 is 1.86 bits per heavy atom. The fraction of sp³-hybridized carbons (Fsp3) is 0.133. The van der Waals surface area contributed by atoms with Crippen molar-refractivity contribution in [1.29, 1.82) is 0 Å². The van der Waals surface area contributed by atoms with E-state index in [2.05, 4.69) is 0 Å². The van der Waals surface area contributed by atoms with Crippen molar-refractivity contribution in [1.82, 2.24) is 0 Å². The zero-order chi connectivity index (χ0) is 15.5. The van der Waals surface area contributed by atoms with E-state index in [0.29, 0.717) is 5.56 Å². The van der Waals surface area contributed by atoms with Gasteiger partial charge in [0.1, 0.15) is 5.75 Å². The number of hydrogen-bond donors (Lipinski definition) is 1. The first-order valence-corrected chi connectivity index (χ1v) is 7.82. The Labute approximate surface area is 123 Å². The molecule has 1 amide bonds. The topological polar surface area (TPSA) is 86.5 Å². The molecular weight excluding hydrogens is 290 g/mol. The zero-order valence-electron chi connectivity index (χ0n) is 11.4. The van der Waals surface area contributed by atoms with Gasteiger partial charge in [0.2, 0.25) is 0 Å². The SMILES string of the molecule is Cc1cccc(CS(=O)(=O)Oc2ccccc2C(N)=O)c1. The first-order chi connectivity index (χ1) is 9.87. The van der Waals surface area contributed by atoms with Crippen LogP contribution < -0.4 is 9.92 Å². The average Bonchev–Trinajstić information content (AvgIpc) is 2.37. The van der Waals surface area contributed by atoms with Crippen molar-refractivity contribution < 1.29 is 17.4 Å². The molecule has 0 saturated heterocycles. The van der Waals surface area contributed by atoms with Crippen molar-refractivity contribution in [2.45, 2.75) is 12.7 Å². The molecule has 0 radical (unpaired) electrons. The van der Waals surface area contributed by atoms with E-state index in [-0.39, 0.29) is 17.1 Å². The van der Waals surface area contributed by atoms with Gasteiger partial charge in [-0.3, -0.25) is 4.79 Å². The number of amides is 1. The van der Waals surface area contributed by atoms with Crippen LogP contribution in [0.1, 0.15) is 21.5 Å². The van der Waals surface area contributed by atoms with Crippen LogP contribution in [0, 0.1) is 6.92 Å². The maximum atomic E-state index is 12.1. The van der Waals surface area contributed by atoms with Crippen LogP contribution >= 0.6 is 0 Å². The molecule has 2 aromatic carbocycles. The number of benzene rings is 2. The molecule has 110 valence electrons. The normalized spacial score (nSPS) is 11.1. The second kappa shape index (κ2) is 5.97. The fourth-order valence-electron chi connectivity index (χ4n) is 1.92. The van der Waals surface area contributed by atoms with Gasteiger partial charge < -0.3 is 9.92 Å². The lowest BCUT2D eigenvalue weighted by molar-refractivity contribution is 0.0999. The van der Waals surface area contributed by atoms with E-state index in [4.69, 9.17) is 9.92 Å². The smallest absolute Gasteiger partial charge is 0.313 e. The van der Waals surface area contributed by atoms with E-state index in [9.17, 15) is 13.2 Å². The van der Waals surface area contributed by atoms with Crippen molar-refractivity contribution in [3.05, 3.63) is 65.2 Å². The lowest BCUT2D eigenvalue weighted by atomic mass is 10.2. The van der Waals surface area contributed by atoms with E-state index in [1.807, 2.05) is 13.0 Å². The molecule has 0 aliphatic heterocycles. The van der Waals surface area contributed by atoms with Gasteiger partial charge in [-0.1, -0.05) is 42.0 Å². The summed E-state index contributed by atoms with van der Waals surface area (Å²) in [6.45, 7) is 1.87. The molecule has 0 heterocycles. The Bertz CT molecular complexity index is 769. The van der Waals surface area contributed by atoms with Crippen molar-refractivity contribution in [3.63, 3.8) is 0 Å². The summed E-state index contributed by atoms with van der Waals surface area (Å²) in [5, 5.41) is 0. The van der Waals surface area contributed by atoms with Crippen molar-refractivity contribution >= 4 is 16.0 Å². The molecule has 0 aliphatic rings. The second-order valence-corrected chi connectivity index (χ2v) is 6.21. The van der Waals surface area contributed by atoms with E-state index in [1.54, 1.807) is 30.3 Å². The lowest BCUT2D eigenvalue weighted by Crippen LogP contribution is -2.17. The van der Waals surface area contributed by atoms with Crippen LogP contribution in [-0.2, 0) is 15.9 Å². The number of para-hydroxylation sites is 1. The van der Waals surface area contributed by atoms with Gasteiger partial charge in [-0.25, -0.2) is 0 Å². The number of nitrogens with two attached hydrogens (primary N) is 1. The minimum Gasteiger partial charge on any atom is -0.381 e. The van der Waals surface area contributed by atoms with Crippen LogP contribution in [0.5, 0.6) is 5.75 Å². The monoisotopic (exact) mass is 305 g/mol. The molecule has 2 N–H and O–H groups in total. The van der Waals surface area contributed by atoms with E-state index < -0.39 is 16.0 Å². The van der Waals surface area contributed by atoms with Gasteiger partial charge in [-0.05, 0) is 24.6 Å². The quantitative estimate of drug-likeness (QED) is 0.856. The molecule has 0 atom stereocenters. The number of aryl methyl sites for hydroxylation is 1. The summed E-state index contributed by atoms with van der Waals surface area (Å²) in [6.07, 6.45) is 0. The molecule has 2 aromatic rings. The molecule has 0 aliphatic carbocycles. The van der Waals surface area contributed by atoms with E-state index >= 15 is 0 Å². The van der Waals surface area contributed by atoms with Crippen LogP contribution in [0.15, 0.2) is 48.5 Å². The predicted molar refractivity (Wildman–Crippen MR) is 79.4 cm³/mol. The molecule has 0 fully saturated rings. The Kier molecular flexibility index (Phi) is 4.28. The predicted octanol–water partition coefficient (Wildman–Crippen LogP) is 2.00. The number of carbonyl (C=O) groups excluding carboxylic acids is 1. The first kappa shape index (κ1) is 15.1. The summed E-state index contributed by atoms with van der Waals surface area (Å²) in [5.41, 5.74) is 6.80. The van der Waals surface area contributed by atoms with Crippen LogP contribution in [0.4, 0.5) is 0 Å². The van der Waals surface area contributed by atoms with Gasteiger partial charge in [0.25, 0.3) is 5.91 Å². The third kappa shape index (κ3) is 4.06. The molecular formula is C15H15NO4S. The summed E-state index contributed by atoms with van der Waals surface area (Å²) in [5.74, 6) is -1.07. The lowest BCUT2D eigenvalue weighted by Gasteiger charge is -2.10. The molecule has 2 rings (SSSR count). The molecule has 21 heavy (non-hydrogen) atoms. The highest BCUT2D eigenvalue weighted by atomic mass is 32.2. The highest BCUT2D eigenvalue weighted by molar-refractivity contribution is 7.86. The molecule has 0 unspecified atom stereocenters. The second-order valence-electron chi connectivity index (χ2n) is 4.63. The largest absolute Gasteiger partial charge is 0.381 e. The first-order valence-electron chi connectivity index (χ1n) is 6.24. The Morgan fingerprint density at radius 1 is 1.14 bits per heavy atom. The third-order valence-electron chi connectivity index (χ3n) is 2.80. The Balaban J connectivity index is 2.24. The summed E-state index contributed by atoms with van der Waals surface area (Å²) >= 11 is 0. The van der Waals surface area contributed by atoms with Crippen molar-refractivity contribution in [2.24, 2.45) is 5.73 Å². The number of hydrogen-bond acceptors (Lipinski definition) is 4. The summed E-state index contributed by atoms with van der Waals surface area (Å²) in [7, 11) is -3.87. The van der Waals surface area contributed by atoms with Gasteiger partial charge in [0.05, 0.1) is 5.56 Å². The number of rotatable bonds is 5. The van der Waals surface area contributed by atoms with E-state index in [0.717, 1.165) is 5.56 Å². The highest BCUT2D eigenvalue weighted by Crippen LogP contribution is 2.21. The standard InChI is InChI=1S/C15H15NO4S/c1-11-5-4-6-12(9-11)10-21(18,19)20-14-8-3-2-7-13(14)15(16)17/h2-9H,10H2,1H3,(H2,16,17). The highest BCUT2D eigenvalue weighted by Gasteiger charge is 2.18. The summed E-state index contributed by atoms with van der Waals surface area (Å²) in [6, 6.07) is 13.1. The third-order valence-corrected chi connectivity index (χ3v) is 3.92. The Hall–Kier alpha value is -2.34. The van der Waals surface area contributed by atoms with Crippen LogP contribution in [0.25, 0.3) is 0 Å². The van der Waals surface area contributed by atoms with Crippen molar-refractivity contribution in [3.8, 4) is 5.75 Å². The van der Waals surface area contributed by atoms with E-state index in [1.165, 1.54) is 12.1 Å². The maximum Gasteiger partial charge on any atom is 0.313 e. The van der Waals surface area contributed by atoms with Crippen LogP contribution in [0.2, 0.25) is 0 Å². The molecule has 6 heteroatoms. The fourth-order valence-corrected chi connectivity index (χ4v) is 2.98. The number of primary amides is 1. The zero-order valence-corrected chi connectivity index (χ0v) is 12.3. The van der Waals surface area contributed by atoms with Crippen LogP contribution in [0.3, 0.4) is 0 Å². The van der Waals surface area contributed by atoms with Gasteiger partial charge in [-0.15, -0.1) is 0 Å². The molecule has 0 spiro atoms. The average molecular weight is 305 g/mol. The van der Waals surface area contributed by atoms with Gasteiger partial charge in [0.15, 0.2) is 5.75 Å². The molecule has 0 bridgehead atoms. The molecule has 0 aromatic heterocycles. The minimum atomic E-state index is -3.87. The van der Waals surface area contributed by atoms with Crippen molar-refractivity contribution in [2.75, 3.05) is 0 Å². The Morgan fingerprint density at radius 3 is 2.52 bits per heavy atom.